The lowest BCUT2D eigenvalue weighted by molar-refractivity contribution is 0.473. The van der Waals surface area contributed by atoms with Crippen LogP contribution >= 0.6 is 0 Å². The van der Waals surface area contributed by atoms with Crippen molar-refractivity contribution in [2.45, 2.75) is 58.5 Å². The Labute approximate surface area is 99.3 Å². The molecule has 3 nitrogen and oxygen atoms in total. The van der Waals surface area contributed by atoms with Gasteiger partial charge >= 0.3 is 0 Å². The second-order valence-corrected chi connectivity index (χ2v) is 4.35. The standard InChI is InChI=1S/C13H25N3/c1-4-6-12(14-3)7-8-13-15-9-11-16(13)10-5-2/h9,11-12,14H,4-8,10H2,1-3H3. The molecule has 0 bridgehead atoms. The third-order valence-corrected chi connectivity index (χ3v) is 3.03. The van der Waals surface area contributed by atoms with E-state index in [-0.39, 0.29) is 0 Å². The van der Waals surface area contributed by atoms with Gasteiger partial charge in [-0.3, -0.25) is 0 Å². The van der Waals surface area contributed by atoms with Crippen molar-refractivity contribution in [3.05, 3.63) is 18.2 Å². The topological polar surface area (TPSA) is 29.9 Å². The van der Waals surface area contributed by atoms with Crippen molar-refractivity contribution in [1.82, 2.24) is 14.9 Å². The third kappa shape index (κ3) is 3.97. The lowest BCUT2D eigenvalue weighted by Gasteiger charge is -2.15. The second kappa shape index (κ2) is 7.44. The van der Waals surface area contributed by atoms with Crippen molar-refractivity contribution in [3.63, 3.8) is 0 Å². The van der Waals surface area contributed by atoms with Crippen LogP contribution in [0.25, 0.3) is 0 Å². The van der Waals surface area contributed by atoms with Gasteiger partial charge in [0.2, 0.25) is 0 Å². The summed E-state index contributed by atoms with van der Waals surface area (Å²) >= 11 is 0. The number of nitrogens with one attached hydrogen (secondary N) is 1. The highest BCUT2D eigenvalue weighted by atomic mass is 15.1. The summed E-state index contributed by atoms with van der Waals surface area (Å²) in [4.78, 5) is 4.44. The summed E-state index contributed by atoms with van der Waals surface area (Å²) in [6.07, 6.45) is 9.95. The Hall–Kier alpha value is -0.830. The molecule has 1 atom stereocenters. The average Bonchev–Trinajstić information content (AvgIpc) is 2.72. The van der Waals surface area contributed by atoms with Crippen LogP contribution in [-0.4, -0.2) is 22.6 Å². The van der Waals surface area contributed by atoms with Gasteiger partial charge in [-0.25, -0.2) is 4.98 Å². The third-order valence-electron chi connectivity index (χ3n) is 3.03. The number of imidazole rings is 1. The Balaban J connectivity index is 2.43. The molecular formula is C13H25N3. The van der Waals surface area contributed by atoms with Crippen molar-refractivity contribution in [2.75, 3.05) is 7.05 Å². The monoisotopic (exact) mass is 223 g/mol. The number of hydrogen-bond acceptors (Lipinski definition) is 2. The van der Waals surface area contributed by atoms with Crippen LogP contribution in [0.1, 0.15) is 45.4 Å². The Morgan fingerprint density at radius 2 is 2.12 bits per heavy atom. The average molecular weight is 223 g/mol. The van der Waals surface area contributed by atoms with E-state index < -0.39 is 0 Å². The van der Waals surface area contributed by atoms with Crippen LogP contribution in [0.4, 0.5) is 0 Å². The predicted molar refractivity (Wildman–Crippen MR) is 68.6 cm³/mol. The van der Waals surface area contributed by atoms with Gasteiger partial charge in [0.05, 0.1) is 0 Å². The summed E-state index contributed by atoms with van der Waals surface area (Å²) in [5.74, 6) is 1.23. The van der Waals surface area contributed by atoms with Gasteiger partial charge in [-0.1, -0.05) is 20.3 Å². The van der Waals surface area contributed by atoms with E-state index in [1.165, 1.54) is 31.5 Å². The zero-order chi connectivity index (χ0) is 11.8. The molecule has 92 valence electrons. The van der Waals surface area contributed by atoms with E-state index in [4.69, 9.17) is 0 Å². The minimum atomic E-state index is 0.636. The fraction of sp³-hybridized carbons (Fsp3) is 0.769. The Kier molecular flexibility index (Phi) is 6.16. The molecule has 16 heavy (non-hydrogen) atoms. The maximum atomic E-state index is 4.44. The van der Waals surface area contributed by atoms with Gasteiger partial charge in [-0.05, 0) is 26.3 Å². The Morgan fingerprint density at radius 3 is 2.75 bits per heavy atom. The molecule has 0 radical (unpaired) electrons. The van der Waals surface area contributed by atoms with Gasteiger partial charge in [-0.2, -0.15) is 0 Å². The lowest BCUT2D eigenvalue weighted by Crippen LogP contribution is -2.25. The van der Waals surface area contributed by atoms with Crippen LogP contribution in [0.3, 0.4) is 0 Å². The molecule has 1 aromatic heterocycles. The van der Waals surface area contributed by atoms with E-state index in [9.17, 15) is 0 Å². The first-order chi connectivity index (χ1) is 7.81. The molecule has 0 spiro atoms. The van der Waals surface area contributed by atoms with Gasteiger partial charge < -0.3 is 9.88 Å². The first-order valence-electron chi connectivity index (χ1n) is 6.49. The van der Waals surface area contributed by atoms with Crippen molar-refractivity contribution < 1.29 is 0 Å². The lowest BCUT2D eigenvalue weighted by atomic mass is 10.1. The second-order valence-electron chi connectivity index (χ2n) is 4.35. The van der Waals surface area contributed by atoms with Gasteiger partial charge in [0.1, 0.15) is 5.82 Å². The van der Waals surface area contributed by atoms with Gasteiger partial charge in [0, 0.05) is 31.4 Å². The molecule has 1 heterocycles. The Bertz CT molecular complexity index is 280. The smallest absolute Gasteiger partial charge is 0.108 e. The summed E-state index contributed by atoms with van der Waals surface area (Å²) < 4.78 is 2.28. The van der Waals surface area contributed by atoms with E-state index in [1.807, 2.05) is 6.20 Å². The number of rotatable bonds is 8. The van der Waals surface area contributed by atoms with E-state index in [1.54, 1.807) is 0 Å². The minimum absolute atomic E-state index is 0.636. The molecule has 0 amide bonds. The molecule has 0 aliphatic rings. The number of aromatic nitrogens is 2. The van der Waals surface area contributed by atoms with Crippen molar-refractivity contribution >= 4 is 0 Å². The first kappa shape index (κ1) is 13.2. The Morgan fingerprint density at radius 1 is 1.31 bits per heavy atom. The maximum absolute atomic E-state index is 4.44. The number of hydrogen-bond donors (Lipinski definition) is 1. The molecule has 1 N–H and O–H groups in total. The highest BCUT2D eigenvalue weighted by Crippen LogP contribution is 2.08. The molecule has 0 aromatic carbocycles. The van der Waals surface area contributed by atoms with Gasteiger partial charge in [0.25, 0.3) is 0 Å². The van der Waals surface area contributed by atoms with Crippen LogP contribution in [0.5, 0.6) is 0 Å². The summed E-state index contributed by atoms with van der Waals surface area (Å²) in [6.45, 7) is 5.53. The van der Waals surface area contributed by atoms with Crippen LogP contribution in [-0.2, 0) is 13.0 Å². The molecule has 1 unspecified atom stereocenters. The zero-order valence-electron chi connectivity index (χ0n) is 10.9. The molecule has 0 saturated carbocycles. The highest BCUT2D eigenvalue weighted by Gasteiger charge is 2.07. The molecular weight excluding hydrogens is 198 g/mol. The largest absolute Gasteiger partial charge is 0.335 e. The molecule has 3 heteroatoms. The normalized spacial score (nSPS) is 12.9. The van der Waals surface area contributed by atoms with Crippen LogP contribution in [0.2, 0.25) is 0 Å². The van der Waals surface area contributed by atoms with Gasteiger partial charge in [0.15, 0.2) is 0 Å². The first-order valence-corrected chi connectivity index (χ1v) is 6.49. The van der Waals surface area contributed by atoms with Gasteiger partial charge in [-0.15, -0.1) is 0 Å². The molecule has 0 saturated heterocycles. The summed E-state index contributed by atoms with van der Waals surface area (Å²) in [5, 5.41) is 3.38. The SMILES string of the molecule is CCCC(CCc1nccn1CCC)NC. The van der Waals surface area contributed by atoms with Crippen molar-refractivity contribution in [1.29, 1.82) is 0 Å². The maximum Gasteiger partial charge on any atom is 0.108 e. The van der Waals surface area contributed by atoms with Crippen LogP contribution < -0.4 is 5.32 Å². The number of nitrogens with zero attached hydrogens (tertiary/aromatic N) is 2. The fourth-order valence-corrected chi connectivity index (χ4v) is 2.10. The summed E-state index contributed by atoms with van der Waals surface area (Å²) in [5.41, 5.74) is 0. The summed E-state index contributed by atoms with van der Waals surface area (Å²) in [6, 6.07) is 0.636. The molecule has 1 aromatic rings. The molecule has 0 aliphatic heterocycles. The molecule has 1 rings (SSSR count). The van der Waals surface area contributed by atoms with Crippen LogP contribution in [0.15, 0.2) is 12.4 Å². The van der Waals surface area contributed by atoms with E-state index >= 15 is 0 Å². The van der Waals surface area contributed by atoms with Crippen LogP contribution in [0, 0.1) is 0 Å². The minimum Gasteiger partial charge on any atom is -0.335 e. The number of aryl methyl sites for hydroxylation is 2. The van der Waals surface area contributed by atoms with E-state index in [2.05, 4.69) is 42.0 Å². The highest BCUT2D eigenvalue weighted by molar-refractivity contribution is 4.93. The molecule has 0 aliphatic carbocycles. The van der Waals surface area contributed by atoms with Crippen molar-refractivity contribution in [3.8, 4) is 0 Å². The zero-order valence-corrected chi connectivity index (χ0v) is 10.9. The van der Waals surface area contributed by atoms with Crippen molar-refractivity contribution in [2.24, 2.45) is 0 Å². The van der Waals surface area contributed by atoms with E-state index in [0.717, 1.165) is 13.0 Å². The summed E-state index contributed by atoms with van der Waals surface area (Å²) in [7, 11) is 2.05. The molecule has 0 fully saturated rings. The predicted octanol–water partition coefficient (Wildman–Crippen LogP) is 2.61. The fourth-order valence-electron chi connectivity index (χ4n) is 2.10. The quantitative estimate of drug-likeness (QED) is 0.734. The van der Waals surface area contributed by atoms with E-state index in [0.29, 0.717) is 6.04 Å².